The number of pyridine rings is 1. The Morgan fingerprint density at radius 3 is 2.50 bits per heavy atom. The molecule has 10 nitrogen and oxygen atoms in total. The monoisotopic (exact) mass is 509 g/mol. The van der Waals surface area contributed by atoms with Crippen molar-refractivity contribution in [3.63, 3.8) is 0 Å². The number of benzene rings is 2. The number of carbonyl (C=O) groups is 1. The first-order valence-corrected chi connectivity index (χ1v) is 12.1. The third-order valence-corrected chi connectivity index (χ3v) is 6.39. The molecule has 1 saturated heterocycles. The second-order valence-corrected chi connectivity index (χ2v) is 9.00. The molecule has 38 heavy (non-hydrogen) atoms. The van der Waals surface area contributed by atoms with Gasteiger partial charge in [0.15, 0.2) is 11.5 Å². The maximum Gasteiger partial charge on any atom is 0.300 e. The van der Waals surface area contributed by atoms with E-state index >= 15 is 0 Å². The van der Waals surface area contributed by atoms with Gasteiger partial charge in [0.2, 0.25) is 5.95 Å². The minimum Gasteiger partial charge on any atom is -0.449 e. The van der Waals surface area contributed by atoms with Gasteiger partial charge < -0.3 is 25.2 Å². The third kappa shape index (κ3) is 5.28. The summed E-state index contributed by atoms with van der Waals surface area (Å²) in [6.07, 6.45) is 6.78. The second-order valence-electron chi connectivity index (χ2n) is 9.00. The third-order valence-electron chi connectivity index (χ3n) is 6.39. The van der Waals surface area contributed by atoms with Crippen LogP contribution in [0.5, 0.6) is 11.5 Å². The zero-order valence-electron chi connectivity index (χ0n) is 21.1. The molecule has 4 aromatic rings. The fourth-order valence-corrected chi connectivity index (χ4v) is 4.24. The van der Waals surface area contributed by atoms with Gasteiger partial charge in [-0.3, -0.25) is 14.2 Å². The molecule has 0 saturated carbocycles. The highest BCUT2D eigenvalue weighted by molar-refractivity contribution is 6.04. The molecule has 2 N–H and O–H groups in total. The standard InChI is InChI=1S/C28H27N7O3/c1-4-25(36)31-22-7-5-6-8-23(22)38-24-17-19-18-29-28(32-26(19)34(3)27(24)37)30-20-9-11-21(12-10-20)35-15-13-33(2)14-16-35/h1,5-12,17-18H,13-16H2,2-3H3,(H,31,36)(H,29,30,32). The highest BCUT2D eigenvalue weighted by Crippen LogP contribution is 2.29. The number of anilines is 4. The van der Waals surface area contributed by atoms with E-state index in [1.807, 2.05) is 18.1 Å². The molecule has 1 aliphatic rings. The van der Waals surface area contributed by atoms with Gasteiger partial charge in [-0.15, -0.1) is 6.42 Å². The Morgan fingerprint density at radius 1 is 1.03 bits per heavy atom. The summed E-state index contributed by atoms with van der Waals surface area (Å²) < 4.78 is 7.27. The lowest BCUT2D eigenvalue weighted by Crippen LogP contribution is -2.44. The van der Waals surface area contributed by atoms with Crippen LogP contribution in [0.4, 0.5) is 23.0 Å². The normalized spacial score (nSPS) is 13.7. The minimum absolute atomic E-state index is 0.0613. The molecule has 0 aliphatic carbocycles. The summed E-state index contributed by atoms with van der Waals surface area (Å²) in [5.41, 5.74) is 2.43. The molecule has 0 radical (unpaired) electrons. The van der Waals surface area contributed by atoms with Crippen LogP contribution in [-0.2, 0) is 11.8 Å². The second kappa shape index (κ2) is 10.6. The highest BCUT2D eigenvalue weighted by atomic mass is 16.5. The number of carbonyl (C=O) groups excluding carboxylic acids is 1. The quantitative estimate of drug-likeness (QED) is 0.382. The van der Waals surface area contributed by atoms with Crippen LogP contribution < -0.4 is 25.8 Å². The van der Waals surface area contributed by atoms with Crippen molar-refractivity contribution in [2.24, 2.45) is 7.05 Å². The van der Waals surface area contributed by atoms with Crippen molar-refractivity contribution in [2.45, 2.75) is 0 Å². The Hall–Kier alpha value is -4.88. The summed E-state index contributed by atoms with van der Waals surface area (Å²) in [5.74, 6) is 2.09. The lowest BCUT2D eigenvalue weighted by Gasteiger charge is -2.34. The van der Waals surface area contributed by atoms with E-state index in [0.717, 1.165) is 31.9 Å². The van der Waals surface area contributed by atoms with Gasteiger partial charge in [0.1, 0.15) is 5.65 Å². The Kier molecular flexibility index (Phi) is 6.93. The zero-order chi connectivity index (χ0) is 26.6. The Balaban J connectivity index is 1.36. The number of amides is 1. The summed E-state index contributed by atoms with van der Waals surface area (Å²) in [6.45, 7) is 4.10. The molecule has 0 spiro atoms. The van der Waals surface area contributed by atoms with Gasteiger partial charge in [0, 0.05) is 56.2 Å². The lowest BCUT2D eigenvalue weighted by atomic mass is 10.2. The van der Waals surface area contributed by atoms with E-state index in [4.69, 9.17) is 11.2 Å². The van der Waals surface area contributed by atoms with E-state index in [1.165, 1.54) is 10.3 Å². The highest BCUT2D eigenvalue weighted by Gasteiger charge is 2.16. The molecule has 1 fully saturated rings. The smallest absolute Gasteiger partial charge is 0.300 e. The van der Waals surface area contributed by atoms with Gasteiger partial charge >= 0.3 is 0 Å². The molecule has 5 rings (SSSR count). The number of nitrogens with one attached hydrogen (secondary N) is 2. The zero-order valence-corrected chi connectivity index (χ0v) is 21.1. The van der Waals surface area contributed by atoms with Gasteiger partial charge in [-0.1, -0.05) is 12.1 Å². The SMILES string of the molecule is C#CC(=O)Nc1ccccc1Oc1cc2cnc(Nc3ccc(N4CCN(C)CC4)cc3)nc2n(C)c1=O. The number of piperazine rings is 1. The molecule has 0 atom stereocenters. The molecular formula is C28H27N7O3. The van der Waals surface area contributed by atoms with Gasteiger partial charge in [0.25, 0.3) is 11.5 Å². The van der Waals surface area contributed by atoms with Crippen LogP contribution in [0.25, 0.3) is 11.0 Å². The molecule has 3 heterocycles. The van der Waals surface area contributed by atoms with Crippen molar-refractivity contribution in [1.29, 1.82) is 0 Å². The summed E-state index contributed by atoms with van der Waals surface area (Å²) in [5, 5.41) is 6.39. The number of ether oxygens (including phenoxy) is 1. The number of likely N-dealkylation sites (N-methyl/N-ethyl adjacent to an activating group) is 1. The largest absolute Gasteiger partial charge is 0.449 e. The molecule has 192 valence electrons. The minimum atomic E-state index is -0.616. The van der Waals surface area contributed by atoms with E-state index in [0.29, 0.717) is 22.7 Å². The van der Waals surface area contributed by atoms with E-state index in [-0.39, 0.29) is 11.5 Å². The van der Waals surface area contributed by atoms with Crippen LogP contribution in [0.2, 0.25) is 0 Å². The van der Waals surface area contributed by atoms with Crippen molar-refractivity contribution < 1.29 is 9.53 Å². The van der Waals surface area contributed by atoms with Crippen molar-refractivity contribution in [1.82, 2.24) is 19.4 Å². The first-order valence-electron chi connectivity index (χ1n) is 12.1. The van der Waals surface area contributed by atoms with Gasteiger partial charge in [-0.2, -0.15) is 4.98 Å². The molecular weight excluding hydrogens is 482 g/mol. The fourth-order valence-electron chi connectivity index (χ4n) is 4.24. The molecule has 0 unspecified atom stereocenters. The van der Waals surface area contributed by atoms with Gasteiger partial charge in [0.05, 0.1) is 5.69 Å². The van der Waals surface area contributed by atoms with Crippen molar-refractivity contribution in [3.05, 3.63) is 71.1 Å². The molecule has 0 bridgehead atoms. The van der Waals surface area contributed by atoms with Crippen LogP contribution in [0.1, 0.15) is 0 Å². The number of hydrogen-bond acceptors (Lipinski definition) is 8. The predicted octanol–water partition coefficient (Wildman–Crippen LogP) is 3.19. The van der Waals surface area contributed by atoms with E-state index < -0.39 is 11.5 Å². The molecule has 1 amide bonds. The van der Waals surface area contributed by atoms with Crippen molar-refractivity contribution in [2.75, 3.05) is 48.8 Å². The number of para-hydroxylation sites is 2. The van der Waals surface area contributed by atoms with Crippen LogP contribution in [-0.4, -0.2) is 58.6 Å². The van der Waals surface area contributed by atoms with Crippen LogP contribution in [0, 0.1) is 12.3 Å². The topological polar surface area (TPSA) is 105 Å². The summed E-state index contributed by atoms with van der Waals surface area (Å²) in [4.78, 5) is 38.4. The number of rotatable bonds is 6. The summed E-state index contributed by atoms with van der Waals surface area (Å²) in [7, 11) is 3.76. The maximum absolute atomic E-state index is 13.1. The molecule has 1 aliphatic heterocycles. The number of aryl methyl sites for hydroxylation is 1. The van der Waals surface area contributed by atoms with Crippen molar-refractivity contribution in [3.8, 4) is 23.8 Å². The predicted molar refractivity (Wildman–Crippen MR) is 148 cm³/mol. The number of hydrogen-bond donors (Lipinski definition) is 2. The first kappa shape index (κ1) is 24.8. The Morgan fingerprint density at radius 2 is 1.76 bits per heavy atom. The first-order chi connectivity index (χ1) is 18.4. The van der Waals surface area contributed by atoms with Gasteiger partial charge in [-0.25, -0.2) is 4.98 Å². The fraction of sp³-hybridized carbons (Fsp3) is 0.214. The molecule has 2 aromatic heterocycles. The van der Waals surface area contributed by atoms with Crippen molar-refractivity contribution >= 4 is 40.0 Å². The summed E-state index contributed by atoms with van der Waals surface area (Å²) in [6, 6.07) is 16.4. The number of terminal acetylenes is 1. The van der Waals surface area contributed by atoms with Crippen LogP contribution >= 0.6 is 0 Å². The average molecular weight is 510 g/mol. The van der Waals surface area contributed by atoms with E-state index in [9.17, 15) is 9.59 Å². The molecule has 2 aromatic carbocycles. The lowest BCUT2D eigenvalue weighted by molar-refractivity contribution is -0.111. The Bertz CT molecular complexity index is 1580. The van der Waals surface area contributed by atoms with E-state index in [1.54, 1.807) is 43.6 Å². The number of nitrogens with zero attached hydrogens (tertiary/aromatic N) is 5. The van der Waals surface area contributed by atoms with Crippen LogP contribution in [0.15, 0.2) is 65.6 Å². The maximum atomic E-state index is 13.1. The van der Waals surface area contributed by atoms with E-state index in [2.05, 4.69) is 49.6 Å². The molecule has 10 heteroatoms. The van der Waals surface area contributed by atoms with Gasteiger partial charge in [-0.05, 0) is 55.4 Å². The average Bonchev–Trinajstić information content (AvgIpc) is 2.94. The number of fused-ring (bicyclic) bond motifs is 1. The van der Waals surface area contributed by atoms with Crippen LogP contribution in [0.3, 0.4) is 0 Å². The Labute approximate surface area is 219 Å². The summed E-state index contributed by atoms with van der Waals surface area (Å²) >= 11 is 0. The number of aromatic nitrogens is 3.